The summed E-state index contributed by atoms with van der Waals surface area (Å²) >= 11 is 0. The summed E-state index contributed by atoms with van der Waals surface area (Å²) in [7, 11) is 0. The molecule has 2 heterocycles. The molecule has 1 fully saturated rings. The number of rotatable bonds is 4. The predicted molar refractivity (Wildman–Crippen MR) is 88.7 cm³/mol. The van der Waals surface area contributed by atoms with Crippen LogP contribution >= 0.6 is 0 Å². The topological polar surface area (TPSA) is 71.6 Å². The maximum absolute atomic E-state index is 11.9. The Balaban J connectivity index is 1.53. The third kappa shape index (κ3) is 2.71. The normalized spacial score (nSPS) is 24.9. The molecule has 1 aliphatic carbocycles. The number of carbonyl (C=O) groups is 1. The van der Waals surface area contributed by atoms with E-state index >= 15 is 0 Å². The van der Waals surface area contributed by atoms with Gasteiger partial charge in [0, 0.05) is 6.04 Å². The third-order valence-corrected chi connectivity index (χ3v) is 4.68. The zero-order valence-electron chi connectivity index (χ0n) is 14.0. The molecular weight excluding hydrogens is 306 g/mol. The molecule has 6 nitrogen and oxygen atoms in total. The van der Waals surface area contributed by atoms with Gasteiger partial charge in [-0.25, -0.2) is 4.79 Å². The van der Waals surface area contributed by atoms with Gasteiger partial charge in [0.25, 0.3) is 0 Å². The lowest BCUT2D eigenvalue weighted by Crippen LogP contribution is -2.38. The molecule has 0 bridgehead atoms. The monoisotopic (exact) mass is 329 g/mol. The molecule has 2 N–H and O–H groups in total. The number of alkyl carbamates (subject to hydrolysis) is 1. The van der Waals surface area contributed by atoms with Crippen molar-refractivity contribution in [1.29, 1.82) is 0 Å². The van der Waals surface area contributed by atoms with E-state index in [0.29, 0.717) is 0 Å². The van der Waals surface area contributed by atoms with Gasteiger partial charge in [-0.3, -0.25) is 9.78 Å². The first-order valence-electron chi connectivity index (χ1n) is 8.51. The van der Waals surface area contributed by atoms with Crippen LogP contribution in [0.2, 0.25) is 0 Å². The molecule has 1 amide bonds. The first-order chi connectivity index (χ1) is 11.6. The van der Waals surface area contributed by atoms with Gasteiger partial charge in [-0.1, -0.05) is 30.3 Å². The number of aromatic nitrogens is 2. The molecule has 1 aliphatic heterocycles. The number of ether oxygens (including phenoxy) is 2. The van der Waals surface area contributed by atoms with E-state index in [1.807, 2.05) is 32.0 Å². The molecule has 128 valence electrons. The lowest BCUT2D eigenvalue weighted by Gasteiger charge is -2.36. The van der Waals surface area contributed by atoms with Crippen LogP contribution in [0.3, 0.4) is 0 Å². The Morgan fingerprint density at radius 2 is 2.21 bits per heavy atom. The number of hydrogen-bond donors (Lipinski definition) is 2. The van der Waals surface area contributed by atoms with Gasteiger partial charge in [0.05, 0.1) is 24.5 Å². The first kappa shape index (κ1) is 15.3. The van der Waals surface area contributed by atoms with Crippen molar-refractivity contribution in [3.63, 3.8) is 0 Å². The van der Waals surface area contributed by atoms with Gasteiger partial charge in [-0.05, 0) is 32.3 Å². The standard InChI is InChI=1S/C18H23N3O3/c1-12(2)19-17(22)24-14-8-9-18(11-23-18)16-15(14)20-21(16)10-13-6-4-3-5-7-13/h3-7,12,14,20H,8-11H2,1-2H3,(H,19,22)/t14-,18+/m1/s1. The van der Waals surface area contributed by atoms with Crippen molar-refractivity contribution in [3.8, 4) is 0 Å². The first-order valence-corrected chi connectivity index (χ1v) is 8.51. The Kier molecular flexibility index (Phi) is 3.64. The number of hydrogen-bond acceptors (Lipinski definition) is 3. The fraction of sp³-hybridized carbons (Fsp3) is 0.500. The van der Waals surface area contributed by atoms with Gasteiger partial charge in [0.2, 0.25) is 0 Å². The summed E-state index contributed by atoms with van der Waals surface area (Å²) in [5, 5.41) is 6.14. The molecule has 1 aromatic carbocycles. The van der Waals surface area contributed by atoms with Crippen LogP contribution in [0.5, 0.6) is 0 Å². The summed E-state index contributed by atoms with van der Waals surface area (Å²) < 4.78 is 13.5. The predicted octanol–water partition coefficient (Wildman–Crippen LogP) is 3.06. The maximum Gasteiger partial charge on any atom is 0.407 e. The van der Waals surface area contributed by atoms with Crippen molar-refractivity contribution in [2.45, 2.75) is 51.0 Å². The SMILES string of the molecule is CC(C)NC(=O)O[C@@H]1CC[C@]2(CO2)c2c1[nH]n2Cc1ccccc1. The third-order valence-electron chi connectivity index (χ3n) is 4.68. The molecule has 0 saturated carbocycles. The molecular formula is C18H23N3O3. The van der Waals surface area contributed by atoms with E-state index in [9.17, 15) is 4.79 Å². The van der Waals surface area contributed by atoms with Crippen LogP contribution in [0.25, 0.3) is 0 Å². The second-order valence-corrected chi connectivity index (χ2v) is 6.96. The molecule has 6 heteroatoms. The second kappa shape index (κ2) is 5.70. The molecule has 0 unspecified atom stereocenters. The fourth-order valence-corrected chi connectivity index (χ4v) is 3.46. The van der Waals surface area contributed by atoms with E-state index in [1.165, 1.54) is 5.56 Å². The lowest BCUT2D eigenvalue weighted by atomic mass is 9.86. The van der Waals surface area contributed by atoms with Gasteiger partial charge < -0.3 is 14.8 Å². The highest BCUT2D eigenvalue weighted by Crippen LogP contribution is 2.52. The van der Waals surface area contributed by atoms with Gasteiger partial charge in [0.15, 0.2) is 0 Å². The number of fused-ring (bicyclic) bond motifs is 2. The Labute approximate surface area is 141 Å². The van der Waals surface area contributed by atoms with E-state index in [1.54, 1.807) is 0 Å². The van der Waals surface area contributed by atoms with Gasteiger partial charge >= 0.3 is 6.09 Å². The Morgan fingerprint density at radius 3 is 2.88 bits per heavy atom. The molecule has 2 aromatic rings. The average Bonchev–Trinajstić information content (AvgIpc) is 3.27. The van der Waals surface area contributed by atoms with E-state index in [-0.39, 0.29) is 23.8 Å². The second-order valence-electron chi connectivity index (χ2n) is 6.96. The highest BCUT2D eigenvalue weighted by atomic mass is 16.6. The molecule has 4 rings (SSSR count). The van der Waals surface area contributed by atoms with E-state index in [4.69, 9.17) is 9.47 Å². The molecule has 1 aromatic heterocycles. The van der Waals surface area contributed by atoms with Gasteiger partial charge in [-0.15, -0.1) is 0 Å². The van der Waals surface area contributed by atoms with Crippen molar-refractivity contribution < 1.29 is 14.3 Å². The lowest BCUT2D eigenvalue weighted by molar-refractivity contribution is 0.0618. The van der Waals surface area contributed by atoms with Crippen molar-refractivity contribution in [2.75, 3.05) is 6.61 Å². The molecule has 24 heavy (non-hydrogen) atoms. The number of H-pyrrole nitrogens is 1. The van der Waals surface area contributed by atoms with E-state index in [0.717, 1.165) is 37.4 Å². The Morgan fingerprint density at radius 1 is 1.46 bits per heavy atom. The number of aromatic amines is 1. The number of nitrogens with zero attached hydrogens (tertiary/aromatic N) is 1. The quantitative estimate of drug-likeness (QED) is 0.847. The van der Waals surface area contributed by atoms with E-state index in [2.05, 4.69) is 27.2 Å². The van der Waals surface area contributed by atoms with Crippen LogP contribution in [0.1, 0.15) is 49.7 Å². The van der Waals surface area contributed by atoms with Crippen LogP contribution in [0.4, 0.5) is 4.79 Å². The minimum absolute atomic E-state index is 0.0663. The van der Waals surface area contributed by atoms with E-state index < -0.39 is 0 Å². The molecule has 1 saturated heterocycles. The van der Waals surface area contributed by atoms with Crippen LogP contribution < -0.4 is 5.32 Å². The Bertz CT molecular complexity index is 728. The highest BCUT2D eigenvalue weighted by Gasteiger charge is 2.55. The fourth-order valence-electron chi connectivity index (χ4n) is 3.46. The smallest absolute Gasteiger partial charge is 0.407 e. The van der Waals surface area contributed by atoms with Crippen LogP contribution in [-0.2, 0) is 21.6 Å². The number of carbonyl (C=O) groups excluding carboxylic acids is 1. The van der Waals surface area contributed by atoms with Gasteiger partial charge in [0.1, 0.15) is 11.7 Å². The highest BCUT2D eigenvalue weighted by molar-refractivity contribution is 5.68. The average molecular weight is 329 g/mol. The summed E-state index contributed by atoms with van der Waals surface area (Å²) in [6.07, 6.45) is 1.09. The number of amides is 1. The van der Waals surface area contributed by atoms with Crippen LogP contribution in [0, 0.1) is 0 Å². The summed E-state index contributed by atoms with van der Waals surface area (Å²) in [6, 6.07) is 10.4. The minimum Gasteiger partial charge on any atom is -0.440 e. The number of nitrogens with one attached hydrogen (secondary N) is 2. The minimum atomic E-state index is -0.363. The zero-order valence-corrected chi connectivity index (χ0v) is 14.0. The van der Waals surface area contributed by atoms with Crippen molar-refractivity contribution in [3.05, 3.63) is 47.3 Å². The Hall–Kier alpha value is -2.21. The molecule has 0 radical (unpaired) electrons. The molecule has 2 atom stereocenters. The summed E-state index contributed by atoms with van der Waals surface area (Å²) in [6.45, 7) is 5.37. The van der Waals surface area contributed by atoms with Crippen molar-refractivity contribution in [1.82, 2.24) is 15.1 Å². The molecule has 2 aliphatic rings. The number of benzene rings is 1. The van der Waals surface area contributed by atoms with Crippen molar-refractivity contribution in [2.24, 2.45) is 0 Å². The maximum atomic E-state index is 11.9. The summed E-state index contributed by atoms with van der Waals surface area (Å²) in [5.74, 6) is 0. The summed E-state index contributed by atoms with van der Waals surface area (Å²) in [4.78, 5) is 11.9. The number of epoxide rings is 1. The van der Waals surface area contributed by atoms with Crippen LogP contribution in [0.15, 0.2) is 30.3 Å². The molecule has 1 spiro atoms. The largest absolute Gasteiger partial charge is 0.440 e. The zero-order chi connectivity index (χ0) is 16.7. The summed E-state index contributed by atoms with van der Waals surface area (Å²) in [5.41, 5.74) is 3.21. The van der Waals surface area contributed by atoms with Crippen LogP contribution in [-0.4, -0.2) is 28.5 Å². The van der Waals surface area contributed by atoms with Crippen molar-refractivity contribution >= 4 is 6.09 Å². The van der Waals surface area contributed by atoms with Gasteiger partial charge in [-0.2, -0.15) is 0 Å².